The Hall–Kier alpha value is -1.55. The zero-order valence-corrected chi connectivity index (χ0v) is 9.28. The SMILES string of the molecule is CNN(Cc1ccc(OC)cc1)C(C)=O. The van der Waals surface area contributed by atoms with Crippen molar-refractivity contribution in [1.29, 1.82) is 0 Å². The van der Waals surface area contributed by atoms with Crippen molar-refractivity contribution in [3.63, 3.8) is 0 Å². The van der Waals surface area contributed by atoms with Crippen LogP contribution in [0.5, 0.6) is 5.75 Å². The first kappa shape index (κ1) is 11.5. The van der Waals surface area contributed by atoms with E-state index in [9.17, 15) is 4.79 Å². The molecule has 1 N–H and O–H groups in total. The largest absolute Gasteiger partial charge is 0.497 e. The lowest BCUT2D eigenvalue weighted by Crippen LogP contribution is -2.38. The van der Waals surface area contributed by atoms with E-state index in [2.05, 4.69) is 5.43 Å². The normalized spacial score (nSPS) is 9.80. The molecule has 0 heterocycles. The van der Waals surface area contributed by atoms with Crippen molar-refractivity contribution in [1.82, 2.24) is 10.4 Å². The molecule has 0 radical (unpaired) electrons. The van der Waals surface area contributed by atoms with Gasteiger partial charge in [0, 0.05) is 14.0 Å². The maximum Gasteiger partial charge on any atom is 0.233 e. The summed E-state index contributed by atoms with van der Waals surface area (Å²) in [5.41, 5.74) is 3.89. The van der Waals surface area contributed by atoms with E-state index in [0.717, 1.165) is 11.3 Å². The fourth-order valence-electron chi connectivity index (χ4n) is 1.26. The van der Waals surface area contributed by atoms with Crippen molar-refractivity contribution in [2.45, 2.75) is 13.5 Å². The molecule has 1 aromatic rings. The summed E-state index contributed by atoms with van der Waals surface area (Å²) in [6, 6.07) is 7.63. The van der Waals surface area contributed by atoms with E-state index >= 15 is 0 Å². The molecule has 0 aliphatic heterocycles. The molecule has 0 bridgehead atoms. The third-order valence-corrected chi connectivity index (χ3v) is 2.15. The van der Waals surface area contributed by atoms with E-state index in [1.54, 1.807) is 19.2 Å². The lowest BCUT2D eigenvalue weighted by atomic mass is 10.2. The maximum absolute atomic E-state index is 11.1. The molecule has 0 unspecified atom stereocenters. The fourth-order valence-corrected chi connectivity index (χ4v) is 1.26. The molecule has 0 saturated heterocycles. The molecule has 0 fully saturated rings. The number of carbonyl (C=O) groups is 1. The molecule has 0 aliphatic carbocycles. The third kappa shape index (κ3) is 3.25. The molecule has 1 amide bonds. The van der Waals surface area contributed by atoms with Crippen molar-refractivity contribution in [3.8, 4) is 5.75 Å². The molecule has 0 aliphatic rings. The van der Waals surface area contributed by atoms with Gasteiger partial charge in [-0.05, 0) is 17.7 Å². The summed E-state index contributed by atoms with van der Waals surface area (Å²) < 4.78 is 5.05. The van der Waals surface area contributed by atoms with Gasteiger partial charge in [0.05, 0.1) is 13.7 Å². The van der Waals surface area contributed by atoms with E-state index in [1.165, 1.54) is 6.92 Å². The molecule has 0 aromatic heterocycles. The zero-order chi connectivity index (χ0) is 11.3. The van der Waals surface area contributed by atoms with Crippen LogP contribution in [0.1, 0.15) is 12.5 Å². The number of benzene rings is 1. The monoisotopic (exact) mass is 208 g/mol. The number of methoxy groups -OCH3 is 1. The number of nitrogens with zero attached hydrogens (tertiary/aromatic N) is 1. The molecule has 82 valence electrons. The van der Waals surface area contributed by atoms with Crippen LogP contribution in [-0.4, -0.2) is 25.1 Å². The minimum atomic E-state index is -0.00619. The highest BCUT2D eigenvalue weighted by molar-refractivity contribution is 5.72. The smallest absolute Gasteiger partial charge is 0.233 e. The molecule has 1 aromatic carbocycles. The van der Waals surface area contributed by atoms with E-state index in [-0.39, 0.29) is 5.91 Å². The van der Waals surface area contributed by atoms with Gasteiger partial charge in [-0.15, -0.1) is 0 Å². The van der Waals surface area contributed by atoms with Crippen molar-refractivity contribution >= 4 is 5.91 Å². The second kappa shape index (κ2) is 5.36. The highest BCUT2D eigenvalue weighted by atomic mass is 16.5. The predicted octanol–water partition coefficient (Wildman–Crippen LogP) is 1.18. The van der Waals surface area contributed by atoms with Gasteiger partial charge in [0.1, 0.15) is 5.75 Å². The maximum atomic E-state index is 11.1. The van der Waals surface area contributed by atoms with Gasteiger partial charge in [0.25, 0.3) is 0 Å². The van der Waals surface area contributed by atoms with Crippen molar-refractivity contribution in [3.05, 3.63) is 29.8 Å². The van der Waals surface area contributed by atoms with Crippen LogP contribution in [-0.2, 0) is 11.3 Å². The molecule has 0 saturated carbocycles. The average Bonchev–Trinajstić information content (AvgIpc) is 2.26. The summed E-state index contributed by atoms with van der Waals surface area (Å²) in [5, 5.41) is 1.54. The average molecular weight is 208 g/mol. The summed E-state index contributed by atoms with van der Waals surface area (Å²) in [5.74, 6) is 0.811. The van der Waals surface area contributed by atoms with E-state index in [0.29, 0.717) is 6.54 Å². The Labute approximate surface area is 89.8 Å². The van der Waals surface area contributed by atoms with Crippen LogP contribution in [0.4, 0.5) is 0 Å². The highest BCUT2D eigenvalue weighted by Gasteiger charge is 2.06. The summed E-state index contributed by atoms with van der Waals surface area (Å²) in [6.07, 6.45) is 0. The minimum Gasteiger partial charge on any atom is -0.497 e. The lowest BCUT2D eigenvalue weighted by molar-refractivity contribution is -0.132. The Bertz CT molecular complexity index is 322. The second-order valence-electron chi connectivity index (χ2n) is 3.18. The van der Waals surface area contributed by atoms with Crippen LogP contribution in [0.15, 0.2) is 24.3 Å². The number of hydrogen-bond acceptors (Lipinski definition) is 3. The number of hydrazine groups is 1. The second-order valence-corrected chi connectivity index (χ2v) is 3.18. The highest BCUT2D eigenvalue weighted by Crippen LogP contribution is 2.12. The van der Waals surface area contributed by atoms with Crippen LogP contribution in [0, 0.1) is 0 Å². The van der Waals surface area contributed by atoms with Crippen LogP contribution < -0.4 is 10.2 Å². The molecule has 0 spiro atoms. The summed E-state index contributed by atoms with van der Waals surface area (Å²) in [6.45, 7) is 2.08. The molecule has 4 heteroatoms. The first-order valence-corrected chi connectivity index (χ1v) is 4.75. The number of carbonyl (C=O) groups excluding carboxylic acids is 1. The Morgan fingerprint density at radius 1 is 1.40 bits per heavy atom. The number of rotatable bonds is 4. The van der Waals surface area contributed by atoms with Gasteiger partial charge in [-0.3, -0.25) is 9.80 Å². The molecule has 4 nitrogen and oxygen atoms in total. The van der Waals surface area contributed by atoms with Crippen LogP contribution in [0.25, 0.3) is 0 Å². The molecule has 15 heavy (non-hydrogen) atoms. The molecular formula is C11H16N2O2. The van der Waals surface area contributed by atoms with Crippen LogP contribution >= 0.6 is 0 Å². The number of amides is 1. The first-order chi connectivity index (χ1) is 7.17. The Morgan fingerprint density at radius 3 is 2.40 bits per heavy atom. The van der Waals surface area contributed by atoms with Gasteiger partial charge >= 0.3 is 0 Å². The summed E-state index contributed by atoms with van der Waals surface area (Å²) in [7, 11) is 3.36. The Balaban J connectivity index is 2.67. The number of nitrogens with one attached hydrogen (secondary N) is 1. The Morgan fingerprint density at radius 2 is 2.00 bits per heavy atom. The lowest BCUT2D eigenvalue weighted by Gasteiger charge is -2.19. The van der Waals surface area contributed by atoms with Gasteiger partial charge in [0.15, 0.2) is 0 Å². The van der Waals surface area contributed by atoms with E-state index in [1.807, 2.05) is 24.3 Å². The summed E-state index contributed by atoms with van der Waals surface area (Å²) in [4.78, 5) is 11.1. The molecule has 1 rings (SSSR count). The quantitative estimate of drug-likeness (QED) is 0.755. The van der Waals surface area contributed by atoms with E-state index < -0.39 is 0 Å². The van der Waals surface area contributed by atoms with Gasteiger partial charge in [-0.2, -0.15) is 0 Å². The van der Waals surface area contributed by atoms with Crippen LogP contribution in [0.3, 0.4) is 0 Å². The van der Waals surface area contributed by atoms with Gasteiger partial charge in [-0.25, -0.2) is 5.43 Å². The minimum absolute atomic E-state index is 0.00619. The van der Waals surface area contributed by atoms with Crippen molar-refractivity contribution < 1.29 is 9.53 Å². The topological polar surface area (TPSA) is 41.6 Å². The molecular weight excluding hydrogens is 192 g/mol. The third-order valence-electron chi connectivity index (χ3n) is 2.15. The van der Waals surface area contributed by atoms with Crippen molar-refractivity contribution in [2.24, 2.45) is 0 Å². The fraction of sp³-hybridized carbons (Fsp3) is 0.364. The van der Waals surface area contributed by atoms with Crippen molar-refractivity contribution in [2.75, 3.05) is 14.2 Å². The van der Waals surface area contributed by atoms with Crippen LogP contribution in [0.2, 0.25) is 0 Å². The standard InChI is InChI=1S/C11H16N2O2/c1-9(14)13(12-2)8-10-4-6-11(15-3)7-5-10/h4-7,12H,8H2,1-3H3. The molecule has 0 atom stereocenters. The Kier molecular flexibility index (Phi) is 4.12. The number of ether oxygens (including phenoxy) is 1. The predicted molar refractivity (Wildman–Crippen MR) is 58.3 cm³/mol. The van der Waals surface area contributed by atoms with E-state index in [4.69, 9.17) is 4.74 Å². The number of hydrogen-bond donors (Lipinski definition) is 1. The zero-order valence-electron chi connectivity index (χ0n) is 9.28. The summed E-state index contributed by atoms with van der Waals surface area (Å²) >= 11 is 0. The first-order valence-electron chi connectivity index (χ1n) is 4.75. The van der Waals surface area contributed by atoms with Gasteiger partial charge in [-0.1, -0.05) is 12.1 Å². The van der Waals surface area contributed by atoms with Gasteiger partial charge in [0.2, 0.25) is 5.91 Å². The van der Waals surface area contributed by atoms with Gasteiger partial charge < -0.3 is 4.74 Å².